The molecular weight excluding hydrogens is 276 g/mol. The molecule has 4 rings (SSSR count). The minimum Gasteiger partial charge on any atom is -0.361 e. The Bertz CT molecular complexity index is 745. The van der Waals surface area contributed by atoms with Gasteiger partial charge in [0.05, 0.1) is 23.1 Å². The average molecular weight is 296 g/mol. The number of hydrogen-bond acceptors (Lipinski definition) is 5. The van der Waals surface area contributed by atoms with Crippen LogP contribution in [-0.4, -0.2) is 24.1 Å². The third-order valence-electron chi connectivity index (χ3n) is 4.71. The second-order valence-electron chi connectivity index (χ2n) is 6.33. The second kappa shape index (κ2) is 4.76. The lowest BCUT2D eigenvalue weighted by molar-refractivity contribution is 0.391. The first-order valence-electron chi connectivity index (χ1n) is 7.67. The zero-order valence-electron chi connectivity index (χ0n) is 13.1. The van der Waals surface area contributed by atoms with Gasteiger partial charge in [0.1, 0.15) is 5.76 Å². The summed E-state index contributed by atoms with van der Waals surface area (Å²) in [7, 11) is 0. The SMILES string of the molecule is Cc1ccc2c(c1)C1(C=N2)CN[C@@H](Cc2c(C)noc2C)N1. The van der Waals surface area contributed by atoms with Crippen molar-refractivity contribution in [2.75, 3.05) is 6.54 Å². The molecule has 3 heterocycles. The zero-order chi connectivity index (χ0) is 15.3. The number of aliphatic imine (C=N–C) groups is 1. The summed E-state index contributed by atoms with van der Waals surface area (Å²) in [6.45, 7) is 6.93. The Hall–Kier alpha value is -1.98. The first kappa shape index (κ1) is 13.7. The molecule has 2 aliphatic heterocycles. The topological polar surface area (TPSA) is 62.5 Å². The number of aromatic nitrogens is 1. The van der Waals surface area contributed by atoms with E-state index in [4.69, 9.17) is 4.52 Å². The number of hydrogen-bond donors (Lipinski definition) is 2. The first-order chi connectivity index (χ1) is 10.6. The maximum Gasteiger partial charge on any atom is 0.137 e. The Balaban J connectivity index is 1.59. The van der Waals surface area contributed by atoms with Crippen LogP contribution >= 0.6 is 0 Å². The van der Waals surface area contributed by atoms with Gasteiger partial charge >= 0.3 is 0 Å². The Morgan fingerprint density at radius 1 is 1.32 bits per heavy atom. The summed E-state index contributed by atoms with van der Waals surface area (Å²) >= 11 is 0. The largest absolute Gasteiger partial charge is 0.361 e. The quantitative estimate of drug-likeness (QED) is 0.892. The highest BCUT2D eigenvalue weighted by Crippen LogP contribution is 2.37. The molecule has 2 aliphatic rings. The smallest absolute Gasteiger partial charge is 0.137 e. The van der Waals surface area contributed by atoms with Gasteiger partial charge in [-0.1, -0.05) is 22.9 Å². The van der Waals surface area contributed by atoms with Crippen LogP contribution in [0.3, 0.4) is 0 Å². The van der Waals surface area contributed by atoms with Gasteiger partial charge in [-0.25, -0.2) is 0 Å². The van der Waals surface area contributed by atoms with E-state index >= 15 is 0 Å². The fourth-order valence-corrected chi connectivity index (χ4v) is 3.44. The molecule has 22 heavy (non-hydrogen) atoms. The molecular formula is C17H20N4O. The minimum atomic E-state index is -0.189. The average Bonchev–Trinajstić information content (AvgIpc) is 3.16. The van der Waals surface area contributed by atoms with Crippen LogP contribution in [0.5, 0.6) is 0 Å². The van der Waals surface area contributed by atoms with E-state index in [1.165, 1.54) is 16.7 Å². The summed E-state index contributed by atoms with van der Waals surface area (Å²) in [4.78, 5) is 4.58. The normalized spacial score (nSPS) is 26.0. The van der Waals surface area contributed by atoms with Crippen LogP contribution in [0.4, 0.5) is 5.69 Å². The van der Waals surface area contributed by atoms with E-state index in [1.54, 1.807) is 0 Å². The van der Waals surface area contributed by atoms with Crippen LogP contribution in [0.1, 0.15) is 28.1 Å². The lowest BCUT2D eigenvalue weighted by atomic mass is 9.92. The number of fused-ring (bicyclic) bond motifs is 2. The van der Waals surface area contributed by atoms with Crippen LogP contribution in [0.15, 0.2) is 27.7 Å². The lowest BCUT2D eigenvalue weighted by Crippen LogP contribution is -2.43. The van der Waals surface area contributed by atoms with E-state index in [0.29, 0.717) is 0 Å². The van der Waals surface area contributed by atoms with Gasteiger partial charge in [-0.2, -0.15) is 0 Å². The molecule has 114 valence electrons. The van der Waals surface area contributed by atoms with E-state index < -0.39 is 0 Å². The fraction of sp³-hybridized carbons (Fsp3) is 0.412. The van der Waals surface area contributed by atoms with E-state index in [2.05, 4.69) is 45.9 Å². The third-order valence-corrected chi connectivity index (χ3v) is 4.71. The number of nitrogens with zero attached hydrogens (tertiary/aromatic N) is 2. The summed E-state index contributed by atoms with van der Waals surface area (Å²) in [5.74, 6) is 0.901. The molecule has 0 bridgehead atoms. The van der Waals surface area contributed by atoms with Crippen LogP contribution in [0.2, 0.25) is 0 Å². The van der Waals surface area contributed by atoms with Crippen LogP contribution in [0.25, 0.3) is 0 Å². The van der Waals surface area contributed by atoms with Gasteiger partial charge < -0.3 is 4.52 Å². The van der Waals surface area contributed by atoms with Gasteiger partial charge in [0, 0.05) is 30.3 Å². The lowest BCUT2D eigenvalue weighted by Gasteiger charge is -2.23. The van der Waals surface area contributed by atoms with E-state index in [9.17, 15) is 0 Å². The van der Waals surface area contributed by atoms with Gasteiger partial charge in [0.25, 0.3) is 0 Å². The summed E-state index contributed by atoms with van der Waals surface area (Å²) in [5, 5.41) is 11.3. The Labute approximate surface area is 129 Å². The molecule has 0 amide bonds. The molecule has 1 spiro atoms. The molecule has 1 fully saturated rings. The van der Waals surface area contributed by atoms with Crippen molar-refractivity contribution in [2.45, 2.75) is 38.9 Å². The van der Waals surface area contributed by atoms with Crippen molar-refractivity contribution in [3.63, 3.8) is 0 Å². The molecule has 5 nitrogen and oxygen atoms in total. The summed E-state index contributed by atoms with van der Waals surface area (Å²) < 4.78 is 5.26. The molecule has 1 unspecified atom stereocenters. The van der Waals surface area contributed by atoms with Crippen molar-refractivity contribution in [3.05, 3.63) is 46.3 Å². The predicted molar refractivity (Wildman–Crippen MR) is 85.6 cm³/mol. The van der Waals surface area contributed by atoms with Gasteiger partial charge in [0.15, 0.2) is 0 Å². The highest BCUT2D eigenvalue weighted by molar-refractivity contribution is 5.85. The monoisotopic (exact) mass is 296 g/mol. The van der Waals surface area contributed by atoms with Gasteiger partial charge in [-0.15, -0.1) is 0 Å². The van der Waals surface area contributed by atoms with E-state index in [1.807, 2.05) is 20.1 Å². The molecule has 2 atom stereocenters. The van der Waals surface area contributed by atoms with Crippen molar-refractivity contribution in [3.8, 4) is 0 Å². The summed E-state index contributed by atoms with van der Waals surface area (Å²) in [5.41, 5.74) is 5.56. The number of aryl methyl sites for hydroxylation is 3. The Morgan fingerprint density at radius 2 is 2.18 bits per heavy atom. The highest BCUT2D eigenvalue weighted by Gasteiger charge is 2.42. The molecule has 1 aromatic heterocycles. The van der Waals surface area contributed by atoms with E-state index in [-0.39, 0.29) is 11.7 Å². The number of benzene rings is 1. The van der Waals surface area contributed by atoms with Crippen molar-refractivity contribution in [1.82, 2.24) is 15.8 Å². The van der Waals surface area contributed by atoms with Crippen molar-refractivity contribution in [2.24, 2.45) is 4.99 Å². The van der Waals surface area contributed by atoms with Gasteiger partial charge in [-0.3, -0.25) is 15.6 Å². The first-order valence-corrected chi connectivity index (χ1v) is 7.67. The molecule has 0 aliphatic carbocycles. The highest BCUT2D eigenvalue weighted by atomic mass is 16.5. The standard InChI is InChI=1S/C17H20N4O/c1-10-4-5-15-14(6-10)17(8-18-15)9-19-16(20-17)7-13-11(2)21-22-12(13)3/h4-6,8,16,19-20H,7,9H2,1-3H3/t16-,17?/m1/s1. The van der Waals surface area contributed by atoms with Crippen molar-refractivity contribution in [1.29, 1.82) is 0 Å². The van der Waals surface area contributed by atoms with Crippen LogP contribution in [-0.2, 0) is 12.0 Å². The minimum absolute atomic E-state index is 0.189. The molecule has 2 N–H and O–H groups in total. The Morgan fingerprint density at radius 3 is 2.95 bits per heavy atom. The van der Waals surface area contributed by atoms with E-state index in [0.717, 1.165) is 30.1 Å². The van der Waals surface area contributed by atoms with Crippen LogP contribution in [0, 0.1) is 20.8 Å². The zero-order valence-corrected chi connectivity index (χ0v) is 13.1. The van der Waals surface area contributed by atoms with Crippen LogP contribution < -0.4 is 10.6 Å². The Kier molecular flexibility index (Phi) is 2.96. The van der Waals surface area contributed by atoms with Crippen molar-refractivity contribution < 1.29 is 4.52 Å². The van der Waals surface area contributed by atoms with Gasteiger partial charge in [-0.05, 0) is 26.8 Å². The molecule has 5 heteroatoms. The van der Waals surface area contributed by atoms with Crippen molar-refractivity contribution >= 4 is 11.9 Å². The molecule has 2 aromatic rings. The molecule has 1 saturated heterocycles. The second-order valence-corrected chi connectivity index (χ2v) is 6.33. The fourth-order valence-electron chi connectivity index (χ4n) is 3.44. The maximum absolute atomic E-state index is 5.26. The van der Waals surface area contributed by atoms with Gasteiger partial charge in [0.2, 0.25) is 0 Å². The third kappa shape index (κ3) is 2.01. The predicted octanol–water partition coefficient (Wildman–Crippen LogP) is 2.27. The molecule has 1 aromatic carbocycles. The molecule has 0 radical (unpaired) electrons. The number of nitrogens with one attached hydrogen (secondary N) is 2. The summed E-state index contributed by atoms with van der Waals surface area (Å²) in [6.07, 6.45) is 3.09. The summed E-state index contributed by atoms with van der Waals surface area (Å²) in [6, 6.07) is 6.44. The molecule has 0 saturated carbocycles. The number of rotatable bonds is 2. The maximum atomic E-state index is 5.26.